The highest BCUT2D eigenvalue weighted by molar-refractivity contribution is 7.94. The average Bonchev–Trinajstić information content (AvgIpc) is 3.85. The van der Waals surface area contributed by atoms with E-state index in [2.05, 4.69) is 62.0 Å². The molecule has 0 aliphatic rings. The van der Waals surface area contributed by atoms with Crippen molar-refractivity contribution in [3.8, 4) is 33.9 Å². The van der Waals surface area contributed by atoms with Crippen molar-refractivity contribution in [2.45, 2.75) is 30.2 Å². The van der Waals surface area contributed by atoms with Crippen LogP contribution < -0.4 is 17.1 Å². The van der Waals surface area contributed by atoms with E-state index in [4.69, 9.17) is 21.2 Å². The van der Waals surface area contributed by atoms with Crippen LogP contribution in [0.5, 0.6) is 0 Å². The minimum Gasteiger partial charge on any atom is -0.379 e. The summed E-state index contributed by atoms with van der Waals surface area (Å²) in [7, 11) is 0. The van der Waals surface area contributed by atoms with Gasteiger partial charge in [-0.25, -0.2) is 9.36 Å². The highest BCUT2D eigenvalue weighted by Gasteiger charge is 2.14. The zero-order chi connectivity index (χ0) is 37.7. The van der Waals surface area contributed by atoms with E-state index in [1.807, 2.05) is 115 Å². The smallest absolute Gasteiger partial charge is 0.170 e. The molecular formula is C40H37N7O5S2. The van der Waals surface area contributed by atoms with Crippen molar-refractivity contribution in [3.63, 3.8) is 0 Å². The molecule has 2 aromatic heterocycles. The first kappa shape index (κ1) is 38.2. The number of aromatic nitrogens is 4. The molecule has 5 N–H and O–H groups in total. The molecule has 12 nitrogen and oxygen atoms in total. The fraction of sp³-hybridized carbons (Fsp3) is 0.0750. The molecule has 0 unspecified atom stereocenters. The second-order valence-electron chi connectivity index (χ2n) is 11.9. The van der Waals surface area contributed by atoms with Crippen LogP contribution in [0.25, 0.3) is 33.9 Å². The molecule has 0 spiro atoms. The van der Waals surface area contributed by atoms with E-state index >= 15 is 0 Å². The largest absolute Gasteiger partial charge is 0.379 e. The van der Waals surface area contributed by atoms with E-state index in [9.17, 15) is 4.79 Å². The van der Waals surface area contributed by atoms with E-state index < -0.39 is 0 Å². The Hall–Kier alpha value is -5.55. The van der Waals surface area contributed by atoms with E-state index in [0.29, 0.717) is 12.2 Å². The van der Waals surface area contributed by atoms with Crippen LogP contribution >= 0.6 is 24.1 Å². The summed E-state index contributed by atoms with van der Waals surface area (Å²) in [5, 5.41) is 12.6. The number of benzene rings is 5. The third kappa shape index (κ3) is 10.1. The lowest BCUT2D eigenvalue weighted by molar-refractivity contribution is -0.195. The zero-order valence-corrected chi connectivity index (χ0v) is 31.0. The molecule has 0 radical (unpaired) electrons. The molecule has 274 valence electrons. The van der Waals surface area contributed by atoms with Crippen LogP contribution in [0.1, 0.15) is 27.3 Å². The fourth-order valence-electron chi connectivity index (χ4n) is 5.38. The highest BCUT2D eigenvalue weighted by Crippen LogP contribution is 2.28. The van der Waals surface area contributed by atoms with Crippen LogP contribution in [0.3, 0.4) is 0 Å². The molecule has 0 aliphatic carbocycles. The predicted molar refractivity (Wildman–Crippen MR) is 211 cm³/mol. The SMILES string of the molecule is Cc1ccc(-c2cc(C=O)nn2-c2ccc(SOON)cc2)cc1.Cc1ccc(-c2cc(CNc3ccccc3)nn2-c2ccc(SOON)cc2)cc1. The fourth-order valence-corrected chi connectivity index (χ4v) is 6.11. The summed E-state index contributed by atoms with van der Waals surface area (Å²) in [6.07, 6.45) is 0.741. The lowest BCUT2D eigenvalue weighted by Gasteiger charge is -2.09. The Labute approximate surface area is 321 Å². The van der Waals surface area contributed by atoms with Gasteiger partial charge in [0.05, 0.1) is 59.1 Å². The molecule has 0 saturated carbocycles. The zero-order valence-electron chi connectivity index (χ0n) is 29.4. The molecule has 0 aliphatic heterocycles. The van der Waals surface area contributed by atoms with E-state index in [1.165, 1.54) is 11.1 Å². The standard InChI is InChI=1S/C23H22N4O2S.C17H15N3O3S/c1-17-7-9-18(10-8-17)23-15-20(16-25-19-5-3-2-4-6-19)26-27(23)21-11-13-22(14-12-21)30-29-28-24;1-12-2-4-13(5-3-12)17-10-14(11-21)19-20(17)15-6-8-16(9-7-15)24-23-22-18/h2-15,25H,16,24H2,1H3;2-11H,18H2,1H3. The van der Waals surface area contributed by atoms with Crippen LogP contribution in [0.2, 0.25) is 0 Å². The quantitative estimate of drug-likeness (QED) is 0.0420. The number of anilines is 1. The first-order valence-corrected chi connectivity index (χ1v) is 18.1. The number of nitrogens with two attached hydrogens (primary N) is 2. The van der Waals surface area contributed by atoms with Crippen molar-refractivity contribution in [2.75, 3.05) is 5.32 Å². The first-order valence-electron chi connectivity index (χ1n) is 16.6. The topological polar surface area (TPSA) is 154 Å². The third-order valence-corrected chi connectivity index (χ3v) is 9.28. The molecule has 2 heterocycles. The number of nitrogens with zero attached hydrogens (tertiary/aromatic N) is 4. The van der Waals surface area contributed by atoms with Gasteiger partial charge in [-0.3, -0.25) is 4.79 Å². The molecule has 5 aromatic carbocycles. The van der Waals surface area contributed by atoms with Gasteiger partial charge in [-0.1, -0.05) is 77.9 Å². The Morgan fingerprint density at radius 2 is 1.11 bits per heavy atom. The monoisotopic (exact) mass is 759 g/mol. The molecule has 0 bridgehead atoms. The van der Waals surface area contributed by atoms with Gasteiger partial charge in [0.1, 0.15) is 5.69 Å². The summed E-state index contributed by atoms with van der Waals surface area (Å²) >= 11 is 2.05. The second-order valence-corrected chi connectivity index (χ2v) is 13.4. The van der Waals surface area contributed by atoms with Crippen molar-refractivity contribution in [1.29, 1.82) is 0 Å². The number of nitrogens with one attached hydrogen (secondary N) is 1. The number of carbonyl (C=O) groups is 1. The first-order chi connectivity index (χ1) is 26.4. The Morgan fingerprint density at radius 1 is 0.630 bits per heavy atom. The second kappa shape index (κ2) is 19.0. The van der Waals surface area contributed by atoms with E-state index in [1.54, 1.807) is 10.7 Å². The number of hydrogen-bond donors (Lipinski definition) is 3. The van der Waals surface area contributed by atoms with Crippen LogP contribution in [0.4, 0.5) is 5.69 Å². The molecule has 54 heavy (non-hydrogen) atoms. The third-order valence-electron chi connectivity index (χ3n) is 8.05. The van der Waals surface area contributed by atoms with Crippen LogP contribution in [-0.4, -0.2) is 25.8 Å². The van der Waals surface area contributed by atoms with Crippen molar-refractivity contribution < 1.29 is 23.4 Å². The molecular weight excluding hydrogens is 723 g/mol. The Kier molecular flexibility index (Phi) is 13.4. The number of rotatable bonds is 14. The van der Waals surface area contributed by atoms with Crippen molar-refractivity contribution in [3.05, 3.63) is 162 Å². The van der Waals surface area contributed by atoms with E-state index in [0.717, 1.165) is 85.4 Å². The summed E-state index contributed by atoms with van der Waals surface area (Å²) in [6.45, 7) is 4.74. The molecule has 0 fully saturated rings. The average molecular weight is 760 g/mol. The lowest BCUT2D eigenvalue weighted by Crippen LogP contribution is -2.03. The van der Waals surface area contributed by atoms with Gasteiger partial charge in [-0.05, 0) is 86.6 Å². The molecule has 7 rings (SSSR count). The minimum atomic E-state index is 0.379. The molecule has 0 amide bonds. The summed E-state index contributed by atoms with van der Waals surface area (Å²) in [6, 6.07) is 45.8. The Balaban J connectivity index is 0.000000189. The van der Waals surface area contributed by atoms with Crippen molar-refractivity contribution in [2.24, 2.45) is 11.8 Å². The number of aldehydes is 1. The maximum absolute atomic E-state index is 11.1. The van der Waals surface area contributed by atoms with Gasteiger partial charge in [-0.15, -0.1) is 18.6 Å². The van der Waals surface area contributed by atoms with Crippen LogP contribution in [0, 0.1) is 13.8 Å². The van der Waals surface area contributed by atoms with Gasteiger partial charge < -0.3 is 5.32 Å². The summed E-state index contributed by atoms with van der Waals surface area (Å²) in [5.74, 6) is 9.72. The Morgan fingerprint density at radius 3 is 1.59 bits per heavy atom. The molecule has 0 saturated heterocycles. The van der Waals surface area contributed by atoms with Gasteiger partial charge in [0, 0.05) is 26.6 Å². The maximum atomic E-state index is 11.1. The predicted octanol–water partition coefficient (Wildman–Crippen LogP) is 8.78. The number of aryl methyl sites for hydroxylation is 2. The van der Waals surface area contributed by atoms with E-state index in [-0.39, 0.29) is 0 Å². The minimum absolute atomic E-state index is 0.379. The summed E-state index contributed by atoms with van der Waals surface area (Å²) < 4.78 is 13.0. The van der Waals surface area contributed by atoms with Gasteiger partial charge in [0.2, 0.25) is 0 Å². The normalized spacial score (nSPS) is 10.8. The highest BCUT2D eigenvalue weighted by atomic mass is 32.2. The van der Waals surface area contributed by atoms with Crippen molar-refractivity contribution >= 4 is 36.1 Å². The van der Waals surface area contributed by atoms with Crippen LogP contribution in [-0.2, 0) is 25.2 Å². The number of hydrogen-bond acceptors (Lipinski definition) is 12. The molecule has 7 aromatic rings. The number of carbonyl (C=O) groups excluding carboxylic acids is 1. The van der Waals surface area contributed by atoms with Gasteiger partial charge in [0.25, 0.3) is 0 Å². The van der Waals surface area contributed by atoms with Gasteiger partial charge in [0.15, 0.2) is 6.29 Å². The summed E-state index contributed by atoms with van der Waals surface area (Å²) in [5.41, 5.74) is 10.5. The van der Waals surface area contributed by atoms with Gasteiger partial charge >= 0.3 is 0 Å². The van der Waals surface area contributed by atoms with Crippen LogP contribution in [0.15, 0.2) is 149 Å². The lowest BCUT2D eigenvalue weighted by atomic mass is 10.1. The van der Waals surface area contributed by atoms with Gasteiger partial charge in [-0.2, -0.15) is 22.0 Å². The number of para-hydroxylation sites is 1. The molecule has 14 heteroatoms. The summed E-state index contributed by atoms with van der Waals surface area (Å²) in [4.78, 5) is 21.1. The Bertz CT molecular complexity index is 2230. The maximum Gasteiger partial charge on any atom is 0.170 e. The molecule has 0 atom stereocenters. The van der Waals surface area contributed by atoms with Crippen molar-refractivity contribution in [1.82, 2.24) is 19.6 Å².